The largest absolute Gasteiger partial charge is 0.378 e. The van der Waals surface area contributed by atoms with E-state index in [4.69, 9.17) is 11.6 Å². The molecule has 16 heavy (non-hydrogen) atoms. The smallest absolute Gasteiger partial charge is 0.151 e. The van der Waals surface area contributed by atoms with Crippen LogP contribution in [-0.4, -0.2) is 24.3 Å². The van der Waals surface area contributed by atoms with Crippen molar-refractivity contribution in [3.63, 3.8) is 0 Å². The Morgan fingerprint density at radius 2 is 1.62 bits per heavy atom. The van der Waals surface area contributed by atoms with Gasteiger partial charge < -0.3 is 4.90 Å². The van der Waals surface area contributed by atoms with Gasteiger partial charge in [0.1, 0.15) is 0 Å². The summed E-state index contributed by atoms with van der Waals surface area (Å²) in [5, 5.41) is 8.26. The Morgan fingerprint density at radius 1 is 0.938 bits per heavy atom. The first kappa shape index (κ1) is 10.9. The van der Waals surface area contributed by atoms with Crippen molar-refractivity contribution in [1.82, 2.24) is 10.2 Å². The first-order valence-electron chi connectivity index (χ1n) is 4.94. The number of rotatable bonds is 2. The zero-order valence-corrected chi connectivity index (χ0v) is 9.94. The highest BCUT2D eigenvalue weighted by Crippen LogP contribution is 2.20. The fourth-order valence-electron chi connectivity index (χ4n) is 1.40. The molecule has 0 saturated heterocycles. The van der Waals surface area contributed by atoms with Crippen LogP contribution < -0.4 is 4.90 Å². The van der Waals surface area contributed by atoms with Gasteiger partial charge in [-0.15, -0.1) is 10.2 Å². The van der Waals surface area contributed by atoms with E-state index in [2.05, 4.69) is 15.1 Å². The normalized spacial score (nSPS) is 10.2. The highest BCUT2D eigenvalue weighted by molar-refractivity contribution is 6.29. The van der Waals surface area contributed by atoms with Gasteiger partial charge in [-0.05, 0) is 24.3 Å². The number of halogens is 1. The predicted octanol–water partition coefficient (Wildman–Crippen LogP) is 2.86. The molecule has 0 aliphatic rings. The minimum Gasteiger partial charge on any atom is -0.378 e. The van der Waals surface area contributed by atoms with Crippen LogP contribution in [0.4, 0.5) is 5.69 Å². The van der Waals surface area contributed by atoms with Crippen LogP contribution in [0.1, 0.15) is 0 Å². The summed E-state index contributed by atoms with van der Waals surface area (Å²) in [7, 11) is 4.02. The molecule has 2 aromatic rings. The van der Waals surface area contributed by atoms with E-state index in [1.165, 1.54) is 0 Å². The second kappa shape index (κ2) is 4.49. The van der Waals surface area contributed by atoms with Gasteiger partial charge in [-0.1, -0.05) is 23.7 Å². The zero-order chi connectivity index (χ0) is 11.5. The third-order valence-corrected chi connectivity index (χ3v) is 2.51. The number of benzene rings is 1. The minimum absolute atomic E-state index is 0.411. The molecule has 1 heterocycles. The quantitative estimate of drug-likeness (QED) is 0.799. The van der Waals surface area contributed by atoms with Crippen LogP contribution in [0.3, 0.4) is 0 Å². The molecular weight excluding hydrogens is 222 g/mol. The minimum atomic E-state index is 0.411. The molecule has 0 saturated carbocycles. The molecule has 0 amide bonds. The molecule has 0 atom stereocenters. The Labute approximate surface area is 99.7 Å². The lowest BCUT2D eigenvalue weighted by Crippen LogP contribution is -2.07. The van der Waals surface area contributed by atoms with Crippen molar-refractivity contribution in [2.45, 2.75) is 0 Å². The number of nitrogens with zero attached hydrogens (tertiary/aromatic N) is 3. The van der Waals surface area contributed by atoms with Gasteiger partial charge >= 0.3 is 0 Å². The van der Waals surface area contributed by atoms with Crippen LogP contribution in [0.15, 0.2) is 36.4 Å². The van der Waals surface area contributed by atoms with Gasteiger partial charge in [-0.3, -0.25) is 0 Å². The van der Waals surface area contributed by atoms with Gasteiger partial charge in [0.05, 0.1) is 5.69 Å². The monoisotopic (exact) mass is 233 g/mol. The lowest BCUT2D eigenvalue weighted by atomic mass is 10.1. The zero-order valence-electron chi connectivity index (χ0n) is 9.18. The molecule has 0 spiro atoms. The molecule has 0 radical (unpaired) electrons. The summed E-state index contributed by atoms with van der Waals surface area (Å²) in [4.78, 5) is 2.05. The number of hydrogen-bond donors (Lipinski definition) is 0. The summed E-state index contributed by atoms with van der Waals surface area (Å²) >= 11 is 5.69. The molecule has 0 aliphatic heterocycles. The van der Waals surface area contributed by atoms with E-state index in [1.807, 2.05) is 44.4 Å². The number of hydrogen-bond acceptors (Lipinski definition) is 3. The first-order chi connectivity index (χ1) is 7.66. The SMILES string of the molecule is CN(C)c1ccc(-c2ccc(Cl)nn2)cc1. The molecule has 1 aromatic carbocycles. The van der Waals surface area contributed by atoms with E-state index in [0.717, 1.165) is 16.9 Å². The molecular formula is C12H12ClN3. The molecule has 0 fully saturated rings. The van der Waals surface area contributed by atoms with E-state index in [-0.39, 0.29) is 0 Å². The third-order valence-electron chi connectivity index (χ3n) is 2.31. The molecule has 3 nitrogen and oxygen atoms in total. The highest BCUT2D eigenvalue weighted by Gasteiger charge is 2.01. The predicted molar refractivity (Wildman–Crippen MR) is 66.8 cm³/mol. The molecule has 82 valence electrons. The summed E-state index contributed by atoms with van der Waals surface area (Å²) in [6.45, 7) is 0. The molecule has 0 N–H and O–H groups in total. The summed E-state index contributed by atoms with van der Waals surface area (Å²) in [6, 6.07) is 11.7. The average molecular weight is 234 g/mol. The van der Waals surface area contributed by atoms with Gasteiger partial charge in [0, 0.05) is 25.3 Å². The molecule has 0 aliphatic carbocycles. The van der Waals surface area contributed by atoms with Crippen molar-refractivity contribution in [2.75, 3.05) is 19.0 Å². The van der Waals surface area contributed by atoms with Crippen LogP contribution in [-0.2, 0) is 0 Å². The maximum atomic E-state index is 5.69. The van der Waals surface area contributed by atoms with Crippen molar-refractivity contribution in [3.05, 3.63) is 41.6 Å². The van der Waals surface area contributed by atoms with Crippen LogP contribution in [0.5, 0.6) is 0 Å². The standard InChI is InChI=1S/C12H12ClN3/c1-16(2)10-5-3-9(4-6-10)11-7-8-12(13)15-14-11/h3-8H,1-2H3. The molecule has 1 aromatic heterocycles. The molecule has 0 bridgehead atoms. The molecule has 2 rings (SSSR count). The number of aromatic nitrogens is 2. The first-order valence-corrected chi connectivity index (χ1v) is 5.31. The van der Waals surface area contributed by atoms with Gasteiger partial charge in [-0.2, -0.15) is 0 Å². The lowest BCUT2D eigenvalue weighted by Gasteiger charge is -2.12. The fraction of sp³-hybridized carbons (Fsp3) is 0.167. The lowest BCUT2D eigenvalue weighted by molar-refractivity contribution is 1.04. The van der Waals surface area contributed by atoms with Gasteiger partial charge in [-0.25, -0.2) is 0 Å². The van der Waals surface area contributed by atoms with Crippen LogP contribution in [0.25, 0.3) is 11.3 Å². The van der Waals surface area contributed by atoms with Crippen molar-refractivity contribution in [2.24, 2.45) is 0 Å². The van der Waals surface area contributed by atoms with Crippen molar-refractivity contribution in [1.29, 1.82) is 0 Å². The maximum absolute atomic E-state index is 5.69. The van der Waals surface area contributed by atoms with Crippen LogP contribution in [0, 0.1) is 0 Å². The second-order valence-electron chi connectivity index (χ2n) is 3.68. The summed E-state index contributed by atoms with van der Waals surface area (Å²) in [5.41, 5.74) is 3.02. The topological polar surface area (TPSA) is 29.0 Å². The summed E-state index contributed by atoms with van der Waals surface area (Å²) < 4.78 is 0. The number of anilines is 1. The summed E-state index contributed by atoms with van der Waals surface area (Å²) in [5.74, 6) is 0. The van der Waals surface area contributed by atoms with E-state index in [9.17, 15) is 0 Å². The Balaban J connectivity index is 2.31. The Hall–Kier alpha value is -1.61. The van der Waals surface area contributed by atoms with E-state index >= 15 is 0 Å². The molecule has 0 unspecified atom stereocenters. The van der Waals surface area contributed by atoms with Gasteiger partial charge in [0.15, 0.2) is 5.15 Å². The summed E-state index contributed by atoms with van der Waals surface area (Å²) in [6.07, 6.45) is 0. The van der Waals surface area contributed by atoms with E-state index in [0.29, 0.717) is 5.15 Å². The highest BCUT2D eigenvalue weighted by atomic mass is 35.5. The molecule has 4 heteroatoms. The van der Waals surface area contributed by atoms with Crippen molar-refractivity contribution >= 4 is 17.3 Å². The van der Waals surface area contributed by atoms with Crippen molar-refractivity contribution < 1.29 is 0 Å². The Bertz CT molecular complexity index is 463. The van der Waals surface area contributed by atoms with Crippen LogP contribution in [0.2, 0.25) is 5.15 Å². The van der Waals surface area contributed by atoms with E-state index < -0.39 is 0 Å². The average Bonchev–Trinajstić information content (AvgIpc) is 2.30. The fourth-order valence-corrected chi connectivity index (χ4v) is 1.50. The Morgan fingerprint density at radius 3 is 2.12 bits per heavy atom. The maximum Gasteiger partial charge on any atom is 0.151 e. The van der Waals surface area contributed by atoms with E-state index in [1.54, 1.807) is 6.07 Å². The Kier molecular flexibility index (Phi) is 3.06. The second-order valence-corrected chi connectivity index (χ2v) is 4.07. The van der Waals surface area contributed by atoms with Crippen molar-refractivity contribution in [3.8, 4) is 11.3 Å². The van der Waals surface area contributed by atoms with Gasteiger partial charge in [0.25, 0.3) is 0 Å². The van der Waals surface area contributed by atoms with Crippen LogP contribution >= 0.6 is 11.6 Å². The third kappa shape index (κ3) is 2.31. The van der Waals surface area contributed by atoms with Gasteiger partial charge in [0.2, 0.25) is 0 Å².